The van der Waals surface area contributed by atoms with Gasteiger partial charge in [0, 0.05) is 36.7 Å². The van der Waals surface area contributed by atoms with Crippen molar-refractivity contribution in [1.29, 1.82) is 0 Å². The molecule has 0 saturated carbocycles. The van der Waals surface area contributed by atoms with Gasteiger partial charge in [0.05, 0.1) is 0 Å². The summed E-state index contributed by atoms with van der Waals surface area (Å²) in [4.78, 5) is 11.1. The quantitative estimate of drug-likeness (QED) is 0.498. The molecule has 0 radical (unpaired) electrons. The standard InChI is InChI=1S/C27H29FN4O2/c1-18-13-21-5-6-24(26(28)23(21)14-18)34-25-7-10-29-27(31-25)30-22-4-2-3-20(15-22)16-32-11-8-19(17-33)9-12-32/h2-7,10,14-15,19,33H,8-9,11-13,16-17H2,1H3,(H,29,30,31). The lowest BCUT2D eigenvalue weighted by Crippen LogP contribution is -2.34. The second kappa shape index (κ2) is 9.91. The number of benzene rings is 2. The number of anilines is 2. The van der Waals surface area contributed by atoms with Gasteiger partial charge in [0.15, 0.2) is 11.6 Å². The Kier molecular flexibility index (Phi) is 6.56. The summed E-state index contributed by atoms with van der Waals surface area (Å²) in [6, 6.07) is 13.3. The summed E-state index contributed by atoms with van der Waals surface area (Å²) in [5, 5.41) is 12.6. The van der Waals surface area contributed by atoms with Gasteiger partial charge in [-0.15, -0.1) is 0 Å². The smallest absolute Gasteiger partial charge is 0.230 e. The molecule has 176 valence electrons. The summed E-state index contributed by atoms with van der Waals surface area (Å²) in [7, 11) is 0. The van der Waals surface area contributed by atoms with Crippen LogP contribution in [0.25, 0.3) is 6.08 Å². The van der Waals surface area contributed by atoms with E-state index < -0.39 is 0 Å². The number of hydrogen-bond donors (Lipinski definition) is 2. The number of aliphatic hydroxyl groups excluding tert-OH is 1. The first-order valence-corrected chi connectivity index (χ1v) is 11.8. The maximum Gasteiger partial charge on any atom is 0.230 e. The number of hydrogen-bond acceptors (Lipinski definition) is 6. The highest BCUT2D eigenvalue weighted by atomic mass is 19.1. The average Bonchev–Trinajstić information content (AvgIpc) is 3.23. The number of aliphatic hydroxyl groups is 1. The number of rotatable bonds is 7. The Morgan fingerprint density at radius 3 is 2.85 bits per heavy atom. The maximum absolute atomic E-state index is 14.9. The monoisotopic (exact) mass is 460 g/mol. The van der Waals surface area contributed by atoms with E-state index in [1.54, 1.807) is 18.3 Å². The minimum atomic E-state index is -0.363. The molecule has 1 aliphatic heterocycles. The Balaban J connectivity index is 1.25. The minimum Gasteiger partial charge on any atom is -0.436 e. The lowest BCUT2D eigenvalue weighted by Gasteiger charge is -2.31. The molecule has 0 amide bonds. The molecule has 2 heterocycles. The Labute approximate surface area is 199 Å². The Morgan fingerprint density at radius 1 is 1.18 bits per heavy atom. The van der Waals surface area contributed by atoms with Gasteiger partial charge < -0.3 is 15.2 Å². The van der Waals surface area contributed by atoms with E-state index in [0.29, 0.717) is 17.4 Å². The number of fused-ring (bicyclic) bond motifs is 1. The maximum atomic E-state index is 14.9. The van der Waals surface area contributed by atoms with Gasteiger partial charge in [-0.2, -0.15) is 4.98 Å². The predicted octanol–water partition coefficient (Wildman–Crippen LogP) is 5.32. The van der Waals surface area contributed by atoms with Crippen molar-refractivity contribution >= 4 is 17.7 Å². The molecular weight excluding hydrogens is 431 g/mol. The van der Waals surface area contributed by atoms with Crippen molar-refractivity contribution in [3.05, 3.63) is 76.7 Å². The normalized spacial score (nSPS) is 16.3. The zero-order valence-electron chi connectivity index (χ0n) is 19.3. The van der Waals surface area contributed by atoms with E-state index in [4.69, 9.17) is 4.74 Å². The molecule has 1 saturated heterocycles. The van der Waals surface area contributed by atoms with Crippen LogP contribution in [0.5, 0.6) is 11.6 Å². The summed E-state index contributed by atoms with van der Waals surface area (Å²) in [5.74, 6) is 0.884. The first kappa shape index (κ1) is 22.5. The van der Waals surface area contributed by atoms with Crippen molar-refractivity contribution in [2.24, 2.45) is 5.92 Å². The van der Waals surface area contributed by atoms with Crippen LogP contribution in [-0.4, -0.2) is 39.7 Å². The van der Waals surface area contributed by atoms with Crippen LogP contribution in [0.15, 0.2) is 54.2 Å². The molecule has 3 aromatic rings. The highest BCUT2D eigenvalue weighted by Crippen LogP contribution is 2.34. The largest absolute Gasteiger partial charge is 0.436 e. The first-order chi connectivity index (χ1) is 16.6. The molecule has 34 heavy (non-hydrogen) atoms. The number of nitrogens with one attached hydrogen (secondary N) is 1. The average molecular weight is 461 g/mol. The van der Waals surface area contributed by atoms with Crippen LogP contribution in [0.1, 0.15) is 36.5 Å². The predicted molar refractivity (Wildman–Crippen MR) is 131 cm³/mol. The molecule has 2 N–H and O–H groups in total. The molecule has 7 heteroatoms. The molecule has 0 bridgehead atoms. The number of likely N-dealkylation sites (tertiary alicyclic amines) is 1. The van der Waals surface area contributed by atoms with E-state index >= 15 is 0 Å². The van der Waals surface area contributed by atoms with E-state index in [1.165, 1.54) is 5.56 Å². The van der Waals surface area contributed by atoms with Gasteiger partial charge in [-0.25, -0.2) is 9.37 Å². The van der Waals surface area contributed by atoms with Gasteiger partial charge in [-0.3, -0.25) is 4.90 Å². The molecule has 0 spiro atoms. The molecule has 5 rings (SSSR count). The second-order valence-electron chi connectivity index (χ2n) is 9.17. The van der Waals surface area contributed by atoms with Crippen LogP contribution < -0.4 is 10.1 Å². The van der Waals surface area contributed by atoms with Gasteiger partial charge in [-0.1, -0.05) is 29.8 Å². The molecule has 2 aliphatic rings. The van der Waals surface area contributed by atoms with Crippen molar-refractivity contribution in [3.63, 3.8) is 0 Å². The first-order valence-electron chi connectivity index (χ1n) is 11.8. The molecule has 1 aliphatic carbocycles. The molecule has 6 nitrogen and oxygen atoms in total. The van der Waals surface area contributed by atoms with Gasteiger partial charge in [0.1, 0.15) is 0 Å². The van der Waals surface area contributed by atoms with E-state index in [1.807, 2.05) is 31.2 Å². The molecular formula is C27H29FN4O2. The van der Waals surface area contributed by atoms with Crippen molar-refractivity contribution in [1.82, 2.24) is 14.9 Å². The number of allylic oxidation sites excluding steroid dienone is 1. The Hall–Kier alpha value is -3.29. The number of halogens is 1. The van der Waals surface area contributed by atoms with Crippen molar-refractivity contribution in [3.8, 4) is 11.6 Å². The summed E-state index contributed by atoms with van der Waals surface area (Å²) < 4.78 is 20.7. The van der Waals surface area contributed by atoms with Crippen LogP contribution in [0.4, 0.5) is 16.0 Å². The molecule has 2 aromatic carbocycles. The van der Waals surface area contributed by atoms with E-state index in [0.717, 1.165) is 55.7 Å². The van der Waals surface area contributed by atoms with Crippen LogP contribution in [0.3, 0.4) is 0 Å². The van der Waals surface area contributed by atoms with Crippen LogP contribution >= 0.6 is 0 Å². The van der Waals surface area contributed by atoms with Crippen molar-refractivity contribution in [2.45, 2.75) is 32.7 Å². The molecule has 1 aromatic heterocycles. The fourth-order valence-corrected chi connectivity index (χ4v) is 4.63. The highest BCUT2D eigenvalue weighted by molar-refractivity contribution is 5.65. The molecule has 0 atom stereocenters. The third-order valence-corrected chi connectivity index (χ3v) is 6.49. The zero-order valence-corrected chi connectivity index (χ0v) is 19.3. The van der Waals surface area contributed by atoms with Crippen molar-refractivity contribution < 1.29 is 14.2 Å². The van der Waals surface area contributed by atoms with E-state index in [-0.39, 0.29) is 24.1 Å². The highest BCUT2D eigenvalue weighted by Gasteiger charge is 2.19. The Morgan fingerprint density at radius 2 is 2.03 bits per heavy atom. The summed E-state index contributed by atoms with van der Waals surface area (Å²) in [6.07, 6.45) is 6.31. The zero-order chi connectivity index (χ0) is 23.5. The number of ether oxygens (including phenoxy) is 1. The van der Waals surface area contributed by atoms with Gasteiger partial charge in [0.2, 0.25) is 11.8 Å². The summed E-state index contributed by atoms with van der Waals surface area (Å²) >= 11 is 0. The Bertz CT molecular complexity index is 1200. The summed E-state index contributed by atoms with van der Waals surface area (Å²) in [5.41, 5.74) is 4.79. The number of piperidine rings is 1. The van der Waals surface area contributed by atoms with Gasteiger partial charge >= 0.3 is 0 Å². The molecule has 1 fully saturated rings. The summed E-state index contributed by atoms with van der Waals surface area (Å²) in [6.45, 7) is 5.14. The molecule has 0 unspecified atom stereocenters. The SMILES string of the molecule is CC1=Cc2c(ccc(Oc3ccnc(Nc4cccc(CN5CCC(CO)CC5)c4)n3)c2F)C1. The van der Waals surface area contributed by atoms with Crippen LogP contribution in [0, 0.1) is 11.7 Å². The third kappa shape index (κ3) is 5.11. The minimum absolute atomic E-state index is 0.154. The second-order valence-corrected chi connectivity index (χ2v) is 9.17. The van der Waals surface area contributed by atoms with Crippen LogP contribution in [-0.2, 0) is 13.0 Å². The van der Waals surface area contributed by atoms with Crippen LogP contribution in [0.2, 0.25) is 0 Å². The van der Waals surface area contributed by atoms with Gasteiger partial charge in [-0.05, 0) is 74.5 Å². The fraction of sp³-hybridized carbons (Fsp3) is 0.333. The lowest BCUT2D eigenvalue weighted by molar-refractivity contribution is 0.127. The van der Waals surface area contributed by atoms with Crippen molar-refractivity contribution in [2.75, 3.05) is 25.0 Å². The topological polar surface area (TPSA) is 70.5 Å². The van der Waals surface area contributed by atoms with E-state index in [2.05, 4.69) is 32.3 Å². The lowest BCUT2D eigenvalue weighted by atomic mass is 9.97. The van der Waals surface area contributed by atoms with E-state index in [9.17, 15) is 9.50 Å². The number of nitrogens with zero attached hydrogens (tertiary/aromatic N) is 3. The van der Waals surface area contributed by atoms with Gasteiger partial charge in [0.25, 0.3) is 0 Å². The third-order valence-electron chi connectivity index (χ3n) is 6.49. The number of aromatic nitrogens is 2. The fourth-order valence-electron chi connectivity index (χ4n) is 4.63.